The van der Waals surface area contributed by atoms with E-state index in [0.29, 0.717) is 11.8 Å². The molecule has 2 aliphatic heterocycles. The van der Waals surface area contributed by atoms with Gasteiger partial charge in [-0.05, 0) is 64.7 Å². The van der Waals surface area contributed by atoms with E-state index in [-0.39, 0.29) is 5.41 Å². The van der Waals surface area contributed by atoms with Gasteiger partial charge < -0.3 is 9.80 Å². The van der Waals surface area contributed by atoms with Gasteiger partial charge in [0.15, 0.2) is 0 Å². The number of carbonyl (C=O) groups excluding carboxylic acids is 1. The van der Waals surface area contributed by atoms with Crippen LogP contribution in [0.5, 0.6) is 0 Å². The fourth-order valence-corrected chi connectivity index (χ4v) is 4.92. The molecule has 2 aliphatic rings. The third-order valence-corrected chi connectivity index (χ3v) is 6.68. The zero-order chi connectivity index (χ0) is 20.3. The lowest BCUT2D eigenvalue weighted by Crippen LogP contribution is -2.52. The van der Waals surface area contributed by atoms with Gasteiger partial charge >= 0.3 is 0 Å². The standard InChI is InChI=1S/C24H32N4O/c1-19-16-25-17-22(26-19)21-9-6-12-28(18-21)23(29)24(10-13-27(2)14-11-24)15-20-7-4-3-5-8-20/h3-5,7-8,16-17,21H,6,9-15,18H2,1-2H3/t21-/m0/s1. The van der Waals surface area contributed by atoms with Gasteiger partial charge in [-0.15, -0.1) is 0 Å². The molecule has 0 saturated carbocycles. The van der Waals surface area contributed by atoms with Gasteiger partial charge in [-0.25, -0.2) is 0 Å². The van der Waals surface area contributed by atoms with Crippen molar-refractivity contribution in [3.05, 3.63) is 59.7 Å². The lowest BCUT2D eigenvalue weighted by atomic mass is 9.72. The maximum Gasteiger partial charge on any atom is 0.229 e. The van der Waals surface area contributed by atoms with E-state index in [4.69, 9.17) is 4.98 Å². The van der Waals surface area contributed by atoms with Crippen molar-refractivity contribution in [1.29, 1.82) is 0 Å². The Labute approximate surface area is 174 Å². The van der Waals surface area contributed by atoms with Gasteiger partial charge in [-0.1, -0.05) is 30.3 Å². The summed E-state index contributed by atoms with van der Waals surface area (Å²) in [5, 5.41) is 0. The summed E-state index contributed by atoms with van der Waals surface area (Å²) < 4.78 is 0. The average molecular weight is 393 g/mol. The fraction of sp³-hybridized carbons (Fsp3) is 0.542. The zero-order valence-electron chi connectivity index (χ0n) is 17.7. The maximum atomic E-state index is 13.9. The molecule has 5 nitrogen and oxygen atoms in total. The Balaban J connectivity index is 1.55. The van der Waals surface area contributed by atoms with Crippen LogP contribution in [-0.4, -0.2) is 58.9 Å². The summed E-state index contributed by atoms with van der Waals surface area (Å²) >= 11 is 0. The smallest absolute Gasteiger partial charge is 0.229 e. The molecule has 0 aliphatic carbocycles. The molecule has 0 spiro atoms. The summed E-state index contributed by atoms with van der Waals surface area (Å²) in [5.74, 6) is 0.639. The number of aromatic nitrogens is 2. The zero-order valence-corrected chi connectivity index (χ0v) is 17.7. The molecular weight excluding hydrogens is 360 g/mol. The third-order valence-electron chi connectivity index (χ3n) is 6.68. The number of benzene rings is 1. The van der Waals surface area contributed by atoms with Crippen molar-refractivity contribution in [3.63, 3.8) is 0 Å². The van der Waals surface area contributed by atoms with Crippen LogP contribution in [-0.2, 0) is 11.2 Å². The molecule has 2 fully saturated rings. The predicted molar refractivity (Wildman–Crippen MR) is 115 cm³/mol. The minimum Gasteiger partial charge on any atom is -0.342 e. The van der Waals surface area contributed by atoms with Crippen LogP contribution in [0.15, 0.2) is 42.7 Å². The highest BCUT2D eigenvalue weighted by molar-refractivity contribution is 5.83. The van der Waals surface area contributed by atoms with E-state index in [1.165, 1.54) is 5.56 Å². The normalized spacial score (nSPS) is 22.4. The minimum atomic E-state index is -0.284. The predicted octanol–water partition coefficient (Wildman–Crippen LogP) is 3.45. The van der Waals surface area contributed by atoms with E-state index < -0.39 is 0 Å². The number of aryl methyl sites for hydroxylation is 1. The van der Waals surface area contributed by atoms with Crippen LogP contribution in [0, 0.1) is 12.3 Å². The second kappa shape index (κ2) is 8.62. The van der Waals surface area contributed by atoms with Crippen molar-refractivity contribution >= 4 is 5.91 Å². The van der Waals surface area contributed by atoms with Crippen molar-refractivity contribution in [2.45, 2.75) is 44.9 Å². The molecule has 2 aromatic rings. The van der Waals surface area contributed by atoms with E-state index in [1.54, 1.807) is 6.20 Å². The first-order valence-corrected chi connectivity index (χ1v) is 10.9. The van der Waals surface area contributed by atoms with Gasteiger partial charge in [0.2, 0.25) is 5.91 Å². The first kappa shape index (κ1) is 20.0. The van der Waals surface area contributed by atoms with Crippen molar-refractivity contribution in [3.8, 4) is 0 Å². The molecule has 5 heteroatoms. The monoisotopic (exact) mass is 392 g/mol. The largest absolute Gasteiger partial charge is 0.342 e. The van der Waals surface area contributed by atoms with Gasteiger partial charge in [0.25, 0.3) is 0 Å². The molecule has 0 N–H and O–H groups in total. The molecule has 1 aromatic carbocycles. The summed E-state index contributed by atoms with van der Waals surface area (Å²) in [5.41, 5.74) is 2.96. The third kappa shape index (κ3) is 4.50. The van der Waals surface area contributed by atoms with Crippen LogP contribution in [0.2, 0.25) is 0 Å². The van der Waals surface area contributed by atoms with Crippen molar-refractivity contribution in [1.82, 2.24) is 19.8 Å². The van der Waals surface area contributed by atoms with Gasteiger partial charge in [-0.3, -0.25) is 14.8 Å². The number of hydrogen-bond acceptors (Lipinski definition) is 4. The Bertz CT molecular complexity index is 830. The maximum absolute atomic E-state index is 13.9. The quantitative estimate of drug-likeness (QED) is 0.800. The van der Waals surface area contributed by atoms with Crippen LogP contribution in [0.3, 0.4) is 0 Å². The number of likely N-dealkylation sites (tertiary alicyclic amines) is 2. The SMILES string of the molecule is Cc1cncc([C@H]2CCCN(C(=O)C3(Cc4ccccc4)CCN(C)CC3)C2)n1. The molecule has 29 heavy (non-hydrogen) atoms. The molecule has 4 rings (SSSR count). The second-order valence-electron chi connectivity index (χ2n) is 8.92. The summed E-state index contributed by atoms with van der Waals surface area (Å²) in [6.45, 7) is 5.58. The van der Waals surface area contributed by atoms with Gasteiger partial charge in [-0.2, -0.15) is 0 Å². The topological polar surface area (TPSA) is 49.3 Å². The number of amides is 1. The summed E-state index contributed by atoms with van der Waals surface area (Å²) in [4.78, 5) is 27.4. The molecule has 154 valence electrons. The van der Waals surface area contributed by atoms with Crippen molar-refractivity contribution < 1.29 is 4.79 Å². The summed E-state index contributed by atoms with van der Waals surface area (Å²) in [7, 11) is 2.16. The van der Waals surface area contributed by atoms with Crippen molar-refractivity contribution in [2.75, 3.05) is 33.2 Å². The number of rotatable bonds is 4. The highest BCUT2D eigenvalue weighted by Crippen LogP contribution is 2.38. The van der Waals surface area contributed by atoms with Crippen molar-refractivity contribution in [2.24, 2.45) is 5.41 Å². The number of nitrogens with zero attached hydrogens (tertiary/aromatic N) is 4. The lowest BCUT2D eigenvalue weighted by molar-refractivity contribution is -0.146. The van der Waals surface area contributed by atoms with Crippen LogP contribution < -0.4 is 0 Å². The van der Waals surface area contributed by atoms with E-state index in [1.807, 2.05) is 19.2 Å². The first-order chi connectivity index (χ1) is 14.1. The molecule has 2 saturated heterocycles. The summed E-state index contributed by atoms with van der Waals surface area (Å²) in [6.07, 6.45) is 8.49. The van der Waals surface area contributed by atoms with Crippen LogP contribution in [0.25, 0.3) is 0 Å². The highest BCUT2D eigenvalue weighted by atomic mass is 16.2. The number of piperidine rings is 2. The highest BCUT2D eigenvalue weighted by Gasteiger charge is 2.44. The number of hydrogen-bond donors (Lipinski definition) is 0. The molecular formula is C24H32N4O. The molecule has 1 atom stereocenters. The summed E-state index contributed by atoms with van der Waals surface area (Å²) in [6, 6.07) is 10.5. The van der Waals surface area contributed by atoms with Crippen LogP contribution in [0.1, 0.15) is 48.6 Å². The molecule has 1 amide bonds. The van der Waals surface area contributed by atoms with E-state index >= 15 is 0 Å². The van der Waals surface area contributed by atoms with Gasteiger partial charge in [0.1, 0.15) is 0 Å². The second-order valence-corrected chi connectivity index (χ2v) is 8.92. The minimum absolute atomic E-state index is 0.284. The van der Waals surface area contributed by atoms with Gasteiger partial charge in [0.05, 0.1) is 16.8 Å². The van der Waals surface area contributed by atoms with Crippen LogP contribution >= 0.6 is 0 Å². The van der Waals surface area contributed by atoms with Gasteiger partial charge in [0, 0.05) is 31.4 Å². The lowest BCUT2D eigenvalue weighted by Gasteiger charge is -2.44. The average Bonchev–Trinajstić information content (AvgIpc) is 2.76. The Morgan fingerprint density at radius 2 is 1.90 bits per heavy atom. The molecule has 0 bridgehead atoms. The Hall–Kier alpha value is -2.27. The first-order valence-electron chi connectivity index (χ1n) is 10.9. The Morgan fingerprint density at radius 3 is 2.62 bits per heavy atom. The molecule has 0 unspecified atom stereocenters. The molecule has 0 radical (unpaired) electrons. The number of carbonyl (C=O) groups is 1. The van der Waals surface area contributed by atoms with E-state index in [0.717, 1.165) is 69.7 Å². The fourth-order valence-electron chi connectivity index (χ4n) is 4.92. The van der Waals surface area contributed by atoms with E-state index in [9.17, 15) is 4.79 Å². The Morgan fingerprint density at radius 1 is 1.14 bits per heavy atom. The molecule has 1 aromatic heterocycles. The molecule has 3 heterocycles. The Kier molecular flexibility index (Phi) is 5.95. The van der Waals surface area contributed by atoms with E-state index in [2.05, 4.69) is 46.1 Å². The van der Waals surface area contributed by atoms with Crippen LogP contribution in [0.4, 0.5) is 0 Å².